The van der Waals surface area contributed by atoms with E-state index in [1.807, 2.05) is 0 Å². The predicted octanol–water partition coefficient (Wildman–Crippen LogP) is -3.55. The molecule has 0 nitrogen and oxygen atoms in total. The zero-order valence-electron chi connectivity index (χ0n) is 0.277. The second kappa shape index (κ2) is 16.4. The largest absolute Gasteiger partial charge is 0 e. The van der Waals surface area contributed by atoms with Gasteiger partial charge in [-0.3, -0.25) is 0 Å². The van der Waals surface area contributed by atoms with Crippen LogP contribution in [0, 0.1) is 36.9 Å². The van der Waals surface area contributed by atoms with Gasteiger partial charge in [0.25, 0.3) is 0 Å². The third-order valence-electron chi connectivity index (χ3n) is 0. The molecule has 0 aliphatic rings. The van der Waals surface area contributed by atoms with Crippen molar-refractivity contribution in [1.82, 2.24) is 0 Å². The average Bonchev–Trinajstić information content (AvgIpc) is 0. The van der Waals surface area contributed by atoms with Crippen LogP contribution in [0.4, 0.5) is 0 Å². The van der Waals surface area contributed by atoms with Gasteiger partial charge in [-0.15, -0.1) is 0 Å². The molecular weight excluding hydrogens is 378 g/mol. The molecular formula is H9Ga3Tm. The number of hydrogen-bond acceptors (Lipinski definition) is 0. The molecule has 1 radical (unpaired) electrons. The van der Waals surface area contributed by atoms with Crippen LogP contribution < -0.4 is 0 Å². The first-order valence-electron chi connectivity index (χ1n) is 0. The summed E-state index contributed by atoms with van der Waals surface area (Å²) in [6.07, 6.45) is 0. The molecule has 0 atom stereocenters. The number of hydrogen-bond donors (Lipinski definition) is 0. The van der Waals surface area contributed by atoms with E-state index in [4.69, 9.17) is 0 Å². The normalized spacial score (nSPS) is 0. The molecule has 0 amide bonds. The van der Waals surface area contributed by atoms with Crippen LogP contribution in [0.25, 0.3) is 0 Å². The quantitative estimate of drug-likeness (QED) is 0.378. The van der Waals surface area contributed by atoms with Crippen LogP contribution in [0.15, 0.2) is 0 Å². The Labute approximate surface area is 94.2 Å². The molecule has 0 aromatic carbocycles. The summed E-state index contributed by atoms with van der Waals surface area (Å²) in [5, 5.41) is 0. The fourth-order valence-electron chi connectivity index (χ4n) is 0. The van der Waals surface area contributed by atoms with Gasteiger partial charge in [0.2, 0.25) is 0 Å². The first kappa shape index (κ1) is 27.3. The van der Waals surface area contributed by atoms with Crippen molar-refractivity contribution in [3.05, 3.63) is 0 Å². The minimum Gasteiger partial charge on any atom is 0 e. The van der Waals surface area contributed by atoms with Gasteiger partial charge in [-0.1, -0.05) is 0 Å². The van der Waals surface area contributed by atoms with E-state index in [0.29, 0.717) is 0 Å². The molecule has 0 aromatic rings. The van der Waals surface area contributed by atoms with Gasteiger partial charge in [0.05, 0.1) is 0 Å². The van der Waals surface area contributed by atoms with E-state index in [1.54, 1.807) is 0 Å². The molecule has 0 rings (SSSR count). The Morgan fingerprint density at radius 2 is 0.500 bits per heavy atom. The van der Waals surface area contributed by atoms with Crippen molar-refractivity contribution in [2.45, 2.75) is 0 Å². The molecule has 4 heteroatoms. The first-order valence-corrected chi connectivity index (χ1v) is 0. The summed E-state index contributed by atoms with van der Waals surface area (Å²) >= 11 is 0. The summed E-state index contributed by atoms with van der Waals surface area (Å²) < 4.78 is 0. The van der Waals surface area contributed by atoms with Crippen LogP contribution in [0.3, 0.4) is 0 Å². The van der Waals surface area contributed by atoms with Gasteiger partial charge in [-0.25, -0.2) is 0 Å². The van der Waals surface area contributed by atoms with Crippen molar-refractivity contribution in [2.75, 3.05) is 0 Å². The van der Waals surface area contributed by atoms with Crippen molar-refractivity contribution in [3.63, 3.8) is 0 Å². The zero-order chi connectivity index (χ0) is 0. The SMILES string of the molecule is [GaH3].[GaH3].[GaH3].[Tm]. The van der Waals surface area contributed by atoms with Gasteiger partial charge in [-0.2, -0.15) is 0 Å². The van der Waals surface area contributed by atoms with Gasteiger partial charge < -0.3 is 0 Å². The van der Waals surface area contributed by atoms with E-state index in [1.165, 1.54) is 0 Å². The Balaban J connectivity index is 0. The van der Waals surface area contributed by atoms with Crippen molar-refractivity contribution in [3.8, 4) is 0 Å². The number of rotatable bonds is 0. The summed E-state index contributed by atoms with van der Waals surface area (Å²) in [7, 11) is 0. The molecule has 0 aromatic heterocycles. The summed E-state index contributed by atoms with van der Waals surface area (Å²) in [5.41, 5.74) is 0. The van der Waals surface area contributed by atoms with E-state index < -0.39 is 0 Å². The van der Waals surface area contributed by atoms with Crippen molar-refractivity contribution in [2.24, 2.45) is 0 Å². The fraction of sp³-hybridized carbons (Fsp3) is 0. The Hall–Kier alpha value is 3.14. The molecule has 0 fully saturated rings. The molecule has 31 valence electrons. The van der Waals surface area contributed by atoms with Crippen molar-refractivity contribution in [1.29, 1.82) is 0 Å². The Morgan fingerprint density at radius 1 is 0.500 bits per heavy atom. The second-order valence-electron chi connectivity index (χ2n) is 0. The second-order valence-corrected chi connectivity index (χ2v) is 0. The molecule has 0 unspecified atom stereocenters. The van der Waals surface area contributed by atoms with Crippen LogP contribution in [0.5, 0.6) is 0 Å². The van der Waals surface area contributed by atoms with Gasteiger partial charge in [0, 0.05) is 36.9 Å². The molecule has 0 saturated carbocycles. The maximum absolute atomic E-state index is 0. The smallest absolute Gasteiger partial charge is 0 e. The summed E-state index contributed by atoms with van der Waals surface area (Å²) in [5.74, 6) is 0. The van der Waals surface area contributed by atoms with Crippen LogP contribution >= 0.6 is 0 Å². The third-order valence-corrected chi connectivity index (χ3v) is 0. The molecule has 0 saturated heterocycles. The van der Waals surface area contributed by atoms with E-state index >= 15 is 0 Å². The zero-order valence-corrected chi connectivity index (χ0v) is 2.06. The minimum absolute atomic E-state index is 0. The maximum atomic E-state index is 0. The van der Waals surface area contributed by atoms with Crippen molar-refractivity contribution < 1.29 is 36.9 Å². The fourth-order valence-corrected chi connectivity index (χ4v) is 0. The summed E-state index contributed by atoms with van der Waals surface area (Å²) in [6.45, 7) is 0. The van der Waals surface area contributed by atoms with E-state index in [0.717, 1.165) is 0 Å². The van der Waals surface area contributed by atoms with Gasteiger partial charge in [0.15, 0.2) is 0 Å². The van der Waals surface area contributed by atoms with Crippen LogP contribution in [-0.2, 0) is 0 Å². The van der Waals surface area contributed by atoms with Crippen LogP contribution in [0.2, 0.25) is 0 Å². The average molecular weight is 387 g/mol. The first-order chi connectivity index (χ1) is 0. The molecule has 4 heavy (non-hydrogen) atoms. The van der Waals surface area contributed by atoms with Gasteiger partial charge >= 0.3 is 59.4 Å². The van der Waals surface area contributed by atoms with E-state index in [2.05, 4.69) is 0 Å². The van der Waals surface area contributed by atoms with E-state index in [9.17, 15) is 0 Å². The molecule has 0 spiro atoms. The van der Waals surface area contributed by atoms with Crippen molar-refractivity contribution >= 4 is 59.4 Å². The van der Waals surface area contributed by atoms with Crippen LogP contribution in [-0.4, -0.2) is 59.4 Å². The monoisotopic (exact) mass is 385 g/mol. The van der Waals surface area contributed by atoms with E-state index in [-0.39, 0.29) is 96.2 Å². The molecule has 0 N–H and O–H groups in total. The summed E-state index contributed by atoms with van der Waals surface area (Å²) in [6, 6.07) is 0. The summed E-state index contributed by atoms with van der Waals surface area (Å²) in [4.78, 5) is 0. The minimum atomic E-state index is 0. The van der Waals surface area contributed by atoms with Gasteiger partial charge in [-0.05, 0) is 0 Å². The Bertz CT molecular complexity index is 3.25. The standard InChI is InChI=1S/3Ga.Tm.9H. The maximum Gasteiger partial charge on any atom is 0 e. The molecule has 0 bridgehead atoms. The predicted molar refractivity (Wildman–Crippen MR) is 29.8 cm³/mol. The Kier molecular flexibility index (Phi) is 112. The van der Waals surface area contributed by atoms with Crippen LogP contribution in [0.1, 0.15) is 0 Å². The molecule has 0 aliphatic heterocycles. The van der Waals surface area contributed by atoms with Gasteiger partial charge in [0.1, 0.15) is 0 Å². The third kappa shape index (κ3) is 8.94. The topological polar surface area (TPSA) is 0 Å². The molecule has 0 heterocycles. The molecule has 0 aliphatic carbocycles. The Morgan fingerprint density at radius 3 is 0.500 bits per heavy atom.